The Kier molecular flexibility index (Phi) is 6.03. The number of ether oxygens (including phenoxy) is 3. The Bertz CT molecular complexity index is 715. The van der Waals surface area contributed by atoms with E-state index in [-0.39, 0.29) is 18.4 Å². The van der Waals surface area contributed by atoms with Crippen LogP contribution in [0.15, 0.2) is 12.1 Å². The summed E-state index contributed by atoms with van der Waals surface area (Å²) in [6.07, 6.45) is -0.0605. The van der Waals surface area contributed by atoms with Crippen molar-refractivity contribution in [2.75, 3.05) is 13.2 Å². The summed E-state index contributed by atoms with van der Waals surface area (Å²) in [7, 11) is 0. The molecule has 1 heterocycles. The fourth-order valence-electron chi connectivity index (χ4n) is 2.09. The molecule has 8 heteroatoms. The molecule has 24 heavy (non-hydrogen) atoms. The second kappa shape index (κ2) is 8.01. The van der Waals surface area contributed by atoms with E-state index in [0.29, 0.717) is 34.4 Å². The van der Waals surface area contributed by atoms with E-state index in [0.717, 1.165) is 0 Å². The molecule has 0 aliphatic carbocycles. The lowest BCUT2D eigenvalue weighted by molar-refractivity contribution is 0.0520. The maximum absolute atomic E-state index is 12.0. The van der Waals surface area contributed by atoms with Crippen LogP contribution in [0.25, 0.3) is 11.3 Å². The minimum atomic E-state index is -0.558. The second-order valence-corrected chi connectivity index (χ2v) is 5.53. The van der Waals surface area contributed by atoms with Crippen molar-refractivity contribution in [3.05, 3.63) is 22.8 Å². The molecule has 7 nitrogen and oxygen atoms in total. The quantitative estimate of drug-likeness (QED) is 0.767. The summed E-state index contributed by atoms with van der Waals surface area (Å²) >= 11 is 6.34. The minimum absolute atomic E-state index is 0.0605. The lowest BCUT2D eigenvalue weighted by Gasteiger charge is -2.17. The number of carbonyl (C=O) groups is 1. The van der Waals surface area contributed by atoms with Crippen LogP contribution in [0.1, 0.15) is 38.2 Å². The Morgan fingerprint density at radius 2 is 2.00 bits per heavy atom. The van der Waals surface area contributed by atoms with Gasteiger partial charge in [-0.15, -0.1) is 5.10 Å². The van der Waals surface area contributed by atoms with E-state index < -0.39 is 5.97 Å². The SMILES string of the molecule is CCOC(=O)c1n[nH]nc1-c1cc(Cl)c(OC(C)C)c(OCC)c1. The third kappa shape index (κ3) is 3.97. The zero-order valence-electron chi connectivity index (χ0n) is 14.1. The number of nitrogens with zero attached hydrogens (tertiary/aromatic N) is 2. The lowest BCUT2D eigenvalue weighted by Crippen LogP contribution is -2.09. The molecule has 1 N–H and O–H groups in total. The van der Waals surface area contributed by atoms with Crippen LogP contribution >= 0.6 is 11.6 Å². The average molecular weight is 354 g/mol. The van der Waals surface area contributed by atoms with Gasteiger partial charge in [-0.05, 0) is 39.8 Å². The van der Waals surface area contributed by atoms with Gasteiger partial charge in [0.15, 0.2) is 17.2 Å². The molecular weight excluding hydrogens is 334 g/mol. The van der Waals surface area contributed by atoms with Crippen molar-refractivity contribution in [2.24, 2.45) is 0 Å². The molecule has 0 saturated carbocycles. The van der Waals surface area contributed by atoms with Crippen LogP contribution in [0, 0.1) is 0 Å². The molecule has 0 amide bonds. The number of hydrogen-bond donors (Lipinski definition) is 1. The smallest absolute Gasteiger partial charge is 0.361 e. The largest absolute Gasteiger partial charge is 0.490 e. The van der Waals surface area contributed by atoms with Gasteiger partial charge in [0.05, 0.1) is 24.3 Å². The molecule has 0 bridgehead atoms. The van der Waals surface area contributed by atoms with Gasteiger partial charge >= 0.3 is 5.97 Å². The highest BCUT2D eigenvalue weighted by Gasteiger charge is 2.22. The van der Waals surface area contributed by atoms with E-state index in [9.17, 15) is 4.79 Å². The number of rotatable bonds is 7. The first-order chi connectivity index (χ1) is 11.5. The summed E-state index contributed by atoms with van der Waals surface area (Å²) in [4.78, 5) is 12.0. The number of aromatic amines is 1. The summed E-state index contributed by atoms with van der Waals surface area (Å²) in [5.41, 5.74) is 1.01. The van der Waals surface area contributed by atoms with Crippen molar-refractivity contribution in [2.45, 2.75) is 33.8 Å². The highest BCUT2D eigenvalue weighted by atomic mass is 35.5. The van der Waals surface area contributed by atoms with Gasteiger partial charge < -0.3 is 14.2 Å². The highest BCUT2D eigenvalue weighted by Crippen LogP contribution is 2.40. The maximum atomic E-state index is 12.0. The predicted octanol–water partition coefficient (Wildman–Crippen LogP) is 3.49. The molecule has 1 aromatic heterocycles. The van der Waals surface area contributed by atoms with Gasteiger partial charge in [0, 0.05) is 5.56 Å². The molecule has 0 unspecified atom stereocenters. The van der Waals surface area contributed by atoms with Crippen molar-refractivity contribution in [1.29, 1.82) is 0 Å². The predicted molar refractivity (Wildman–Crippen MR) is 89.7 cm³/mol. The standard InChI is InChI=1S/C16H20ClN3O4/c1-5-22-12-8-10(7-11(17)15(12)24-9(3)4)13-14(19-20-18-13)16(21)23-6-2/h7-9H,5-6H2,1-4H3,(H,18,19,20). The van der Waals surface area contributed by atoms with Gasteiger partial charge in [0.1, 0.15) is 5.69 Å². The van der Waals surface area contributed by atoms with Gasteiger partial charge in [0.2, 0.25) is 0 Å². The zero-order chi connectivity index (χ0) is 17.7. The maximum Gasteiger partial charge on any atom is 0.361 e. The Morgan fingerprint density at radius 1 is 1.25 bits per heavy atom. The Hall–Kier alpha value is -2.28. The summed E-state index contributed by atoms with van der Waals surface area (Å²) in [5.74, 6) is 0.378. The number of benzene rings is 1. The van der Waals surface area contributed by atoms with Crippen LogP contribution < -0.4 is 9.47 Å². The first-order valence-electron chi connectivity index (χ1n) is 7.69. The number of H-pyrrole nitrogens is 1. The molecule has 1 aromatic carbocycles. The van der Waals surface area contributed by atoms with E-state index in [4.69, 9.17) is 25.8 Å². The average Bonchev–Trinajstić information content (AvgIpc) is 3.00. The molecule has 0 fully saturated rings. The molecule has 2 rings (SSSR count). The molecular formula is C16H20ClN3O4. The van der Waals surface area contributed by atoms with Crippen LogP contribution in [0.2, 0.25) is 5.02 Å². The van der Waals surface area contributed by atoms with Crippen molar-refractivity contribution in [3.8, 4) is 22.8 Å². The number of esters is 1. The van der Waals surface area contributed by atoms with E-state index >= 15 is 0 Å². The summed E-state index contributed by atoms with van der Waals surface area (Å²) in [5, 5.41) is 10.7. The van der Waals surface area contributed by atoms with E-state index in [1.807, 2.05) is 20.8 Å². The fourth-order valence-corrected chi connectivity index (χ4v) is 2.35. The van der Waals surface area contributed by atoms with Crippen LogP contribution in [0.3, 0.4) is 0 Å². The van der Waals surface area contributed by atoms with Crippen LogP contribution in [0.4, 0.5) is 0 Å². The van der Waals surface area contributed by atoms with Crippen molar-refractivity contribution in [1.82, 2.24) is 15.4 Å². The molecule has 0 aliphatic heterocycles. The van der Waals surface area contributed by atoms with Crippen LogP contribution in [0.5, 0.6) is 11.5 Å². The van der Waals surface area contributed by atoms with Crippen LogP contribution in [-0.2, 0) is 4.74 Å². The van der Waals surface area contributed by atoms with E-state index in [2.05, 4.69) is 15.4 Å². The first-order valence-corrected chi connectivity index (χ1v) is 8.06. The Labute approximate surface area is 145 Å². The first kappa shape index (κ1) is 18.1. The molecule has 2 aromatic rings. The van der Waals surface area contributed by atoms with Crippen LogP contribution in [-0.4, -0.2) is 40.7 Å². The topological polar surface area (TPSA) is 86.3 Å². The third-order valence-corrected chi connectivity index (χ3v) is 3.23. The van der Waals surface area contributed by atoms with Crippen molar-refractivity contribution in [3.63, 3.8) is 0 Å². The molecule has 0 aliphatic rings. The zero-order valence-corrected chi connectivity index (χ0v) is 14.8. The fraction of sp³-hybridized carbons (Fsp3) is 0.438. The van der Waals surface area contributed by atoms with E-state index in [1.54, 1.807) is 19.1 Å². The van der Waals surface area contributed by atoms with Gasteiger partial charge in [0.25, 0.3) is 0 Å². The number of halogens is 1. The lowest BCUT2D eigenvalue weighted by atomic mass is 10.1. The van der Waals surface area contributed by atoms with Gasteiger partial charge in [-0.2, -0.15) is 10.3 Å². The second-order valence-electron chi connectivity index (χ2n) is 5.13. The van der Waals surface area contributed by atoms with Gasteiger partial charge in [-0.3, -0.25) is 0 Å². The molecule has 0 radical (unpaired) electrons. The summed E-state index contributed by atoms with van der Waals surface area (Å²) < 4.78 is 16.3. The number of carbonyl (C=O) groups excluding carboxylic acids is 1. The van der Waals surface area contributed by atoms with E-state index in [1.165, 1.54) is 0 Å². The molecule has 0 atom stereocenters. The number of hydrogen-bond acceptors (Lipinski definition) is 6. The molecule has 0 saturated heterocycles. The van der Waals surface area contributed by atoms with Gasteiger partial charge in [-0.25, -0.2) is 4.79 Å². The number of nitrogens with one attached hydrogen (secondary N) is 1. The van der Waals surface area contributed by atoms with Gasteiger partial charge in [-0.1, -0.05) is 11.6 Å². The molecule has 0 spiro atoms. The third-order valence-electron chi connectivity index (χ3n) is 2.95. The molecule has 130 valence electrons. The van der Waals surface area contributed by atoms with Crippen molar-refractivity contribution < 1.29 is 19.0 Å². The normalized spacial score (nSPS) is 10.8. The number of aromatic nitrogens is 3. The Morgan fingerprint density at radius 3 is 2.62 bits per heavy atom. The Balaban J connectivity index is 2.49. The highest BCUT2D eigenvalue weighted by molar-refractivity contribution is 6.32. The summed E-state index contributed by atoms with van der Waals surface area (Å²) in [6.45, 7) is 8.07. The minimum Gasteiger partial charge on any atom is -0.490 e. The monoisotopic (exact) mass is 353 g/mol. The van der Waals surface area contributed by atoms with Crippen molar-refractivity contribution >= 4 is 17.6 Å². The summed E-state index contributed by atoms with van der Waals surface area (Å²) in [6, 6.07) is 3.37.